The van der Waals surface area contributed by atoms with E-state index in [1.165, 1.54) is 54.6 Å². The van der Waals surface area contributed by atoms with Crippen LogP contribution in [0.25, 0.3) is 33.4 Å². The van der Waals surface area contributed by atoms with Gasteiger partial charge in [-0.1, -0.05) is 73.6 Å². The zero-order valence-corrected chi connectivity index (χ0v) is 38.1. The second kappa shape index (κ2) is 16.6. The number of rotatable bonds is 12. The van der Waals surface area contributed by atoms with Crippen LogP contribution in [0, 0.1) is 0 Å². The van der Waals surface area contributed by atoms with Crippen LogP contribution in [0.4, 0.5) is 17.1 Å². The van der Waals surface area contributed by atoms with Crippen LogP contribution >= 0.6 is 0 Å². The minimum Gasteiger partial charge on any atom is -0.456 e. The fraction of sp³-hybridized carbons (Fsp3) is 0.279. The van der Waals surface area contributed by atoms with Gasteiger partial charge in [-0.15, -0.1) is 0 Å². The minimum absolute atomic E-state index is 0.000705. The number of hydrogen-bond acceptors (Lipinski definition) is 11. The number of nitrogens with zero attached hydrogens (tertiary/aromatic N) is 1. The van der Waals surface area contributed by atoms with Crippen molar-refractivity contribution in [3.8, 4) is 22.5 Å². The Kier molecular flexibility index (Phi) is 12.5. The fourth-order valence-corrected chi connectivity index (χ4v) is 9.84. The summed E-state index contributed by atoms with van der Waals surface area (Å²) in [7, 11) is -19.2. The van der Waals surface area contributed by atoms with Crippen molar-refractivity contribution in [3.05, 3.63) is 106 Å². The van der Waals surface area contributed by atoms with E-state index < -0.39 is 62.1 Å². The number of fused-ring (bicyclic) bond motifs is 2. The quantitative estimate of drug-likeness (QED) is 0.0566. The number of anilines is 2. The van der Waals surface area contributed by atoms with Gasteiger partial charge < -0.3 is 9.73 Å². The molecule has 2 aliphatic rings. The smallest absolute Gasteiger partial charge is 0.296 e. The fourth-order valence-electron chi connectivity index (χ4n) is 7.40. The molecule has 4 aromatic carbocycles. The molecule has 5 N–H and O–H groups in total. The third kappa shape index (κ3) is 9.35. The van der Waals surface area contributed by atoms with Crippen molar-refractivity contribution in [3.63, 3.8) is 0 Å². The Bertz CT molecular complexity index is 3220. The lowest BCUT2D eigenvalue weighted by molar-refractivity contribution is 0.480. The predicted octanol–water partition coefficient (Wildman–Crippen LogP) is 9.66. The lowest BCUT2D eigenvalue weighted by Gasteiger charge is -2.23. The zero-order valence-electron chi connectivity index (χ0n) is 34.9. The van der Waals surface area contributed by atoms with Gasteiger partial charge in [0.1, 0.15) is 21.1 Å². The molecular weight excluding hydrogens is 881 g/mol. The lowest BCUT2D eigenvalue weighted by Crippen LogP contribution is -2.17. The molecular formula is C43H46N2O13S4. The minimum atomic E-state index is -5.11. The lowest BCUT2D eigenvalue weighted by atomic mass is 9.92. The molecule has 0 spiro atoms. The molecule has 1 aliphatic carbocycles. The molecule has 0 radical (unpaired) electrons. The van der Waals surface area contributed by atoms with Crippen molar-refractivity contribution in [2.45, 2.75) is 98.6 Å². The largest absolute Gasteiger partial charge is 0.456 e. The molecule has 6 rings (SSSR count). The molecule has 1 heterocycles. The highest BCUT2D eigenvalue weighted by atomic mass is 32.2. The summed E-state index contributed by atoms with van der Waals surface area (Å²) in [5, 5.41) is 3.31. The van der Waals surface area contributed by atoms with E-state index in [-0.39, 0.29) is 66.1 Å². The van der Waals surface area contributed by atoms with E-state index in [1.807, 2.05) is 27.7 Å². The van der Waals surface area contributed by atoms with Crippen molar-refractivity contribution >= 4 is 68.5 Å². The Morgan fingerprint density at radius 3 is 1.48 bits per heavy atom. The van der Waals surface area contributed by atoms with E-state index in [4.69, 9.17) is 9.41 Å². The SMILES string of the molecule is CC(C)c1cc(S(=O)(=O)O)cc(C(C)C)c1N=c1cc2oc3cc(Nc4c(C(C)C)cc(S(=O)(=O)O)cc4C(C)C)ccc3c(-c3ccccc3S(=O)(=O)O)c-2cc1S(=O)(=O)O. The third-order valence-electron chi connectivity index (χ3n) is 10.4. The molecule has 0 atom stereocenters. The Balaban J connectivity index is 1.76. The molecule has 4 aromatic rings. The third-order valence-corrected chi connectivity index (χ3v) is 13.9. The summed E-state index contributed by atoms with van der Waals surface area (Å²) in [5.41, 5.74) is 3.21. The first-order valence-electron chi connectivity index (χ1n) is 19.3. The summed E-state index contributed by atoms with van der Waals surface area (Å²) >= 11 is 0. The number of hydrogen-bond donors (Lipinski definition) is 5. The summed E-state index contributed by atoms with van der Waals surface area (Å²) in [6.45, 7) is 14.4. The zero-order chi connectivity index (χ0) is 46.0. The molecule has 0 saturated heterocycles. The molecule has 0 aromatic heterocycles. The van der Waals surface area contributed by atoms with E-state index in [2.05, 4.69) is 5.32 Å². The molecule has 0 fully saturated rings. The maximum absolute atomic E-state index is 13.3. The van der Waals surface area contributed by atoms with E-state index in [9.17, 15) is 51.9 Å². The van der Waals surface area contributed by atoms with E-state index >= 15 is 0 Å². The molecule has 0 bridgehead atoms. The van der Waals surface area contributed by atoms with Crippen molar-refractivity contribution in [2.75, 3.05) is 5.32 Å². The van der Waals surface area contributed by atoms with Crippen LogP contribution in [0.5, 0.6) is 0 Å². The van der Waals surface area contributed by atoms with Crippen molar-refractivity contribution < 1.29 is 56.3 Å². The topological polar surface area (TPSA) is 255 Å². The Hall–Kier alpha value is -4.99. The normalized spacial score (nSPS) is 13.4. The van der Waals surface area contributed by atoms with Gasteiger partial charge >= 0.3 is 0 Å². The number of benzene rings is 5. The predicted molar refractivity (Wildman–Crippen MR) is 235 cm³/mol. The van der Waals surface area contributed by atoms with Crippen LogP contribution in [0.3, 0.4) is 0 Å². The van der Waals surface area contributed by atoms with Gasteiger partial charge in [0.25, 0.3) is 40.5 Å². The Morgan fingerprint density at radius 1 is 0.532 bits per heavy atom. The second-order valence-electron chi connectivity index (χ2n) is 16.2. The van der Waals surface area contributed by atoms with E-state index in [1.54, 1.807) is 45.9 Å². The summed E-state index contributed by atoms with van der Waals surface area (Å²) in [6, 6.07) is 17.9. The number of nitrogens with one attached hydrogen (secondary N) is 1. The van der Waals surface area contributed by atoms with Crippen molar-refractivity contribution in [1.82, 2.24) is 0 Å². The van der Waals surface area contributed by atoms with Gasteiger partial charge in [-0.25, -0.2) is 4.99 Å². The van der Waals surface area contributed by atoms with Crippen LogP contribution in [-0.2, 0) is 40.5 Å². The highest BCUT2D eigenvalue weighted by Crippen LogP contribution is 2.45. The summed E-state index contributed by atoms with van der Waals surface area (Å²) < 4.78 is 149. The van der Waals surface area contributed by atoms with Gasteiger partial charge in [-0.2, -0.15) is 33.7 Å². The van der Waals surface area contributed by atoms with Gasteiger partial charge in [-0.05, 0) is 94.5 Å². The molecule has 330 valence electrons. The maximum Gasteiger partial charge on any atom is 0.296 e. The molecule has 0 unspecified atom stereocenters. The van der Waals surface area contributed by atoms with Crippen LogP contribution < -0.4 is 10.7 Å². The molecule has 19 heteroatoms. The molecule has 0 amide bonds. The van der Waals surface area contributed by atoms with Gasteiger partial charge in [0.2, 0.25) is 0 Å². The van der Waals surface area contributed by atoms with Crippen LogP contribution in [-0.4, -0.2) is 51.9 Å². The highest BCUT2D eigenvalue weighted by molar-refractivity contribution is 7.86. The summed E-state index contributed by atoms with van der Waals surface area (Å²) in [6.07, 6.45) is 0. The second-order valence-corrected chi connectivity index (χ2v) is 21.8. The molecule has 62 heavy (non-hydrogen) atoms. The van der Waals surface area contributed by atoms with Gasteiger partial charge in [0.05, 0.1) is 20.8 Å². The Labute approximate surface area is 360 Å². The van der Waals surface area contributed by atoms with E-state index in [0.29, 0.717) is 33.6 Å². The average molecular weight is 927 g/mol. The maximum atomic E-state index is 13.3. The summed E-state index contributed by atoms with van der Waals surface area (Å²) in [5.74, 6) is -1.28. The Morgan fingerprint density at radius 2 is 1.02 bits per heavy atom. The highest BCUT2D eigenvalue weighted by Gasteiger charge is 2.28. The van der Waals surface area contributed by atoms with Crippen LogP contribution in [0.15, 0.2) is 108 Å². The molecule has 1 aliphatic heterocycles. The monoisotopic (exact) mass is 926 g/mol. The first-order chi connectivity index (χ1) is 28.6. The average Bonchev–Trinajstić information content (AvgIpc) is 3.14. The molecule has 15 nitrogen and oxygen atoms in total. The first-order valence-corrected chi connectivity index (χ1v) is 25.0. The van der Waals surface area contributed by atoms with E-state index in [0.717, 1.165) is 6.07 Å². The first kappa shape index (κ1) is 46.5. The standard InChI is InChI=1S/C43H46N2O13S4/c1-22(2)31-16-27(59(46,47)48)17-32(23(3)4)42(31)44-26-13-14-29-37(15-26)58-38-21-36(45-43-33(24(5)6)18-28(60(49,50)51)19-34(43)25(7)8)40(62(55,56)57)20-35(38)41(29)30-11-9-10-12-39(30)61(52,53)54/h9-25,44H,1-8H3,(H,46,47,48)(H,49,50,51)(H,52,53,54)(H,55,56,57). The van der Waals surface area contributed by atoms with Crippen LogP contribution in [0.2, 0.25) is 0 Å². The van der Waals surface area contributed by atoms with Crippen LogP contribution in [0.1, 0.15) is 101 Å². The molecule has 0 saturated carbocycles. The van der Waals surface area contributed by atoms with Crippen molar-refractivity contribution in [2.24, 2.45) is 4.99 Å². The van der Waals surface area contributed by atoms with Crippen molar-refractivity contribution in [1.29, 1.82) is 0 Å². The van der Waals surface area contributed by atoms with Gasteiger partial charge in [0, 0.05) is 45.6 Å². The van der Waals surface area contributed by atoms with Gasteiger partial charge in [-0.3, -0.25) is 18.2 Å². The summed E-state index contributed by atoms with van der Waals surface area (Å²) in [4.78, 5) is 2.86. The van der Waals surface area contributed by atoms with Gasteiger partial charge in [0.15, 0.2) is 0 Å².